The molecule has 25 heavy (non-hydrogen) atoms. The van der Waals surface area contributed by atoms with Crippen molar-refractivity contribution in [3.05, 3.63) is 58.5 Å². The molecule has 0 radical (unpaired) electrons. The van der Waals surface area contributed by atoms with Gasteiger partial charge in [0.25, 0.3) is 5.91 Å². The first-order valence-electron chi connectivity index (χ1n) is 7.60. The molecule has 3 aromatic rings. The average molecular weight is 355 g/mol. The van der Waals surface area contributed by atoms with Crippen LogP contribution in [0.2, 0.25) is 0 Å². The van der Waals surface area contributed by atoms with Crippen LogP contribution in [0.25, 0.3) is 10.1 Å². The fourth-order valence-corrected chi connectivity index (χ4v) is 3.55. The van der Waals surface area contributed by atoms with Gasteiger partial charge >= 0.3 is 5.97 Å². The van der Waals surface area contributed by atoms with Crippen molar-refractivity contribution in [1.29, 1.82) is 0 Å². The molecular weight excluding hydrogens is 338 g/mol. The number of esters is 1. The number of carbonyl (C=O) groups excluding carboxylic acids is 2. The van der Waals surface area contributed by atoms with E-state index in [-0.39, 0.29) is 5.91 Å². The molecular formula is C19H17NO4S. The van der Waals surface area contributed by atoms with Gasteiger partial charge in [-0.15, -0.1) is 11.3 Å². The van der Waals surface area contributed by atoms with Crippen molar-refractivity contribution in [1.82, 2.24) is 0 Å². The zero-order chi connectivity index (χ0) is 18.0. The fraction of sp³-hybridized carbons (Fsp3) is 0.158. The van der Waals surface area contributed by atoms with Gasteiger partial charge in [-0.25, -0.2) is 4.79 Å². The number of aryl methyl sites for hydroxylation is 1. The first-order valence-corrected chi connectivity index (χ1v) is 8.42. The van der Waals surface area contributed by atoms with Crippen molar-refractivity contribution in [2.45, 2.75) is 6.92 Å². The van der Waals surface area contributed by atoms with Gasteiger partial charge < -0.3 is 14.8 Å². The predicted octanol–water partition coefficient (Wildman–Crippen LogP) is 4.26. The lowest BCUT2D eigenvalue weighted by atomic mass is 10.1. The van der Waals surface area contributed by atoms with E-state index in [4.69, 9.17) is 9.47 Å². The van der Waals surface area contributed by atoms with Crippen LogP contribution in [0.3, 0.4) is 0 Å². The molecule has 0 bridgehead atoms. The summed E-state index contributed by atoms with van der Waals surface area (Å²) in [7, 11) is 2.93. The quantitative estimate of drug-likeness (QED) is 0.710. The highest BCUT2D eigenvalue weighted by Gasteiger charge is 2.16. The Bertz CT molecular complexity index is 961. The number of para-hydroxylation sites is 1. The van der Waals surface area contributed by atoms with E-state index in [1.54, 1.807) is 31.4 Å². The fourth-order valence-electron chi connectivity index (χ4n) is 2.58. The van der Waals surface area contributed by atoms with Crippen LogP contribution in [0.1, 0.15) is 25.6 Å². The number of ether oxygens (including phenoxy) is 2. The van der Waals surface area contributed by atoms with Gasteiger partial charge in [0.1, 0.15) is 5.75 Å². The second kappa shape index (κ2) is 6.94. The maximum absolute atomic E-state index is 12.6. The highest BCUT2D eigenvalue weighted by molar-refractivity contribution is 7.20. The molecule has 1 heterocycles. The van der Waals surface area contributed by atoms with E-state index < -0.39 is 5.97 Å². The SMILES string of the molecule is COC(=O)c1ccccc1NC(=O)c1cc2cc(C)c(OC)cc2s1. The molecule has 0 fully saturated rings. The van der Waals surface area contributed by atoms with Crippen LogP contribution in [0.4, 0.5) is 5.69 Å². The number of fused-ring (bicyclic) bond motifs is 1. The largest absolute Gasteiger partial charge is 0.496 e. The first-order chi connectivity index (χ1) is 12.0. The van der Waals surface area contributed by atoms with Crippen LogP contribution in [-0.4, -0.2) is 26.1 Å². The van der Waals surface area contributed by atoms with E-state index in [1.807, 2.05) is 25.1 Å². The summed E-state index contributed by atoms with van der Waals surface area (Å²) in [6.45, 7) is 1.96. The van der Waals surface area contributed by atoms with Crippen LogP contribution in [-0.2, 0) is 4.74 Å². The van der Waals surface area contributed by atoms with Gasteiger partial charge in [0.15, 0.2) is 0 Å². The van der Waals surface area contributed by atoms with Crippen LogP contribution < -0.4 is 10.1 Å². The molecule has 128 valence electrons. The number of methoxy groups -OCH3 is 2. The smallest absolute Gasteiger partial charge is 0.339 e. The zero-order valence-electron chi connectivity index (χ0n) is 14.1. The number of hydrogen-bond donors (Lipinski definition) is 1. The lowest BCUT2D eigenvalue weighted by Gasteiger charge is -2.08. The van der Waals surface area contributed by atoms with E-state index in [0.717, 1.165) is 21.4 Å². The van der Waals surface area contributed by atoms with E-state index in [9.17, 15) is 9.59 Å². The molecule has 6 heteroatoms. The van der Waals surface area contributed by atoms with Crippen molar-refractivity contribution in [3.8, 4) is 5.75 Å². The van der Waals surface area contributed by atoms with Gasteiger partial charge in [0.05, 0.1) is 30.3 Å². The molecule has 2 aromatic carbocycles. The molecule has 0 aliphatic heterocycles. The van der Waals surface area contributed by atoms with E-state index in [1.165, 1.54) is 18.4 Å². The minimum Gasteiger partial charge on any atom is -0.496 e. The molecule has 3 rings (SSSR count). The number of rotatable bonds is 4. The normalized spacial score (nSPS) is 10.5. The molecule has 5 nitrogen and oxygen atoms in total. The highest BCUT2D eigenvalue weighted by atomic mass is 32.1. The lowest BCUT2D eigenvalue weighted by molar-refractivity contribution is 0.0602. The molecule has 0 atom stereocenters. The summed E-state index contributed by atoms with van der Waals surface area (Å²) >= 11 is 1.37. The van der Waals surface area contributed by atoms with Crippen LogP contribution in [0, 0.1) is 6.92 Å². The minimum absolute atomic E-state index is 0.269. The van der Waals surface area contributed by atoms with Crippen molar-refractivity contribution >= 4 is 39.0 Å². The van der Waals surface area contributed by atoms with Crippen molar-refractivity contribution < 1.29 is 19.1 Å². The van der Waals surface area contributed by atoms with Crippen molar-refractivity contribution in [2.75, 3.05) is 19.5 Å². The number of thiophene rings is 1. The molecule has 1 amide bonds. The molecule has 0 aliphatic carbocycles. The first kappa shape index (κ1) is 17.0. The van der Waals surface area contributed by atoms with Gasteiger partial charge in [-0.3, -0.25) is 4.79 Å². The highest BCUT2D eigenvalue weighted by Crippen LogP contribution is 2.32. The Morgan fingerprint density at radius 1 is 1.08 bits per heavy atom. The van der Waals surface area contributed by atoms with Crippen LogP contribution >= 0.6 is 11.3 Å². The maximum atomic E-state index is 12.6. The number of anilines is 1. The Labute approximate surface area is 149 Å². The summed E-state index contributed by atoms with van der Waals surface area (Å²) in [5.41, 5.74) is 1.75. The molecule has 0 aliphatic rings. The van der Waals surface area contributed by atoms with E-state index >= 15 is 0 Å². The predicted molar refractivity (Wildman–Crippen MR) is 98.8 cm³/mol. The molecule has 0 unspecified atom stereocenters. The standard InChI is InChI=1S/C19H17NO4S/c1-11-8-12-9-17(25-16(12)10-15(11)23-2)18(21)20-14-7-5-4-6-13(14)19(22)24-3/h4-10H,1-3H3,(H,20,21). The third kappa shape index (κ3) is 3.34. The maximum Gasteiger partial charge on any atom is 0.339 e. The zero-order valence-corrected chi connectivity index (χ0v) is 14.9. The number of benzene rings is 2. The summed E-state index contributed by atoms with van der Waals surface area (Å²) in [6, 6.07) is 12.5. The second-order valence-corrected chi connectivity index (χ2v) is 6.55. The Morgan fingerprint density at radius 2 is 1.84 bits per heavy atom. The summed E-state index contributed by atoms with van der Waals surface area (Å²) in [5, 5.41) is 3.77. The lowest BCUT2D eigenvalue weighted by Crippen LogP contribution is -2.14. The number of amides is 1. The minimum atomic E-state index is -0.493. The summed E-state index contributed by atoms with van der Waals surface area (Å²) in [6.07, 6.45) is 0. The molecule has 0 saturated heterocycles. The van der Waals surface area contributed by atoms with Crippen LogP contribution in [0.15, 0.2) is 42.5 Å². The topological polar surface area (TPSA) is 64.6 Å². The average Bonchev–Trinajstić information content (AvgIpc) is 3.03. The van der Waals surface area contributed by atoms with E-state index in [2.05, 4.69) is 5.32 Å². The van der Waals surface area contributed by atoms with E-state index in [0.29, 0.717) is 16.1 Å². The Balaban J connectivity index is 1.92. The van der Waals surface area contributed by atoms with Gasteiger partial charge in [-0.05, 0) is 48.2 Å². The third-order valence-corrected chi connectivity index (χ3v) is 4.93. The Morgan fingerprint density at radius 3 is 2.56 bits per heavy atom. The van der Waals surface area contributed by atoms with Gasteiger partial charge in [0.2, 0.25) is 0 Å². The number of hydrogen-bond acceptors (Lipinski definition) is 5. The second-order valence-electron chi connectivity index (χ2n) is 5.46. The van der Waals surface area contributed by atoms with Gasteiger partial charge in [0, 0.05) is 4.70 Å². The Hall–Kier alpha value is -2.86. The van der Waals surface area contributed by atoms with Crippen molar-refractivity contribution in [2.24, 2.45) is 0 Å². The molecule has 1 N–H and O–H groups in total. The third-order valence-electron chi connectivity index (χ3n) is 3.84. The molecule has 0 spiro atoms. The summed E-state index contributed by atoms with van der Waals surface area (Å²) in [5.74, 6) is 0.0270. The number of carbonyl (C=O) groups is 2. The Kier molecular flexibility index (Phi) is 4.72. The molecule has 0 saturated carbocycles. The molecule has 1 aromatic heterocycles. The van der Waals surface area contributed by atoms with Gasteiger partial charge in [-0.2, -0.15) is 0 Å². The van der Waals surface area contributed by atoms with Crippen molar-refractivity contribution in [3.63, 3.8) is 0 Å². The summed E-state index contributed by atoms with van der Waals surface area (Å²) in [4.78, 5) is 25.0. The number of nitrogens with one attached hydrogen (secondary N) is 1. The monoisotopic (exact) mass is 355 g/mol. The van der Waals surface area contributed by atoms with Crippen LogP contribution in [0.5, 0.6) is 5.75 Å². The van der Waals surface area contributed by atoms with Gasteiger partial charge in [-0.1, -0.05) is 12.1 Å². The summed E-state index contributed by atoms with van der Waals surface area (Å²) < 4.78 is 11.0.